The number of hydrogen-bond donors (Lipinski definition) is 1. The van der Waals surface area contributed by atoms with E-state index in [4.69, 9.17) is 26.8 Å². The van der Waals surface area contributed by atoms with E-state index in [1.54, 1.807) is 31.2 Å². The maximum absolute atomic E-state index is 12.8. The fraction of sp³-hybridized carbons (Fsp3) is 0.158. The van der Waals surface area contributed by atoms with E-state index in [1.807, 2.05) is 18.2 Å². The maximum atomic E-state index is 12.8. The molecule has 0 unspecified atom stereocenters. The van der Waals surface area contributed by atoms with Gasteiger partial charge in [-0.3, -0.25) is 0 Å². The van der Waals surface area contributed by atoms with E-state index in [0.717, 1.165) is 0 Å². The normalized spacial score (nSPS) is 16.9. The molecular formula is C19H15ClN2O3S. The SMILES string of the molecule is CCOC(=O)C1=C(c2ccccc2)OC(N)=C(C#N)[C@H]1c1ccc(Cl)s1. The van der Waals surface area contributed by atoms with Crippen molar-refractivity contribution >= 4 is 34.7 Å². The molecule has 3 rings (SSSR count). The molecule has 0 bridgehead atoms. The summed E-state index contributed by atoms with van der Waals surface area (Å²) in [6, 6.07) is 14.7. The number of hydrogen-bond acceptors (Lipinski definition) is 6. The van der Waals surface area contributed by atoms with Gasteiger partial charge in [-0.1, -0.05) is 41.9 Å². The van der Waals surface area contributed by atoms with E-state index in [-0.39, 0.29) is 29.4 Å². The summed E-state index contributed by atoms with van der Waals surface area (Å²) < 4.78 is 11.5. The number of carbonyl (C=O) groups excluding carboxylic acids is 1. The molecule has 26 heavy (non-hydrogen) atoms. The number of rotatable bonds is 4. The van der Waals surface area contributed by atoms with E-state index in [0.29, 0.717) is 14.8 Å². The average molecular weight is 387 g/mol. The number of esters is 1. The number of nitrogens with zero attached hydrogens (tertiary/aromatic N) is 1. The Labute approximate surface area is 159 Å². The van der Waals surface area contributed by atoms with Crippen LogP contribution in [0.25, 0.3) is 5.76 Å². The highest BCUT2D eigenvalue weighted by Gasteiger charge is 2.38. The molecule has 0 radical (unpaired) electrons. The molecule has 1 aliphatic rings. The van der Waals surface area contributed by atoms with Crippen molar-refractivity contribution in [3.05, 3.63) is 74.3 Å². The van der Waals surface area contributed by atoms with Crippen molar-refractivity contribution in [1.29, 1.82) is 5.26 Å². The lowest BCUT2D eigenvalue weighted by Crippen LogP contribution is -2.25. The third-order valence-corrected chi connectivity index (χ3v) is 5.13. The molecule has 7 heteroatoms. The molecule has 0 saturated heterocycles. The van der Waals surface area contributed by atoms with Gasteiger partial charge in [0.05, 0.1) is 22.4 Å². The standard InChI is InChI=1S/C19H15ClN2O3S/c1-2-24-19(23)16-15(13-8-9-14(20)26-13)12(10-21)18(22)25-17(16)11-6-4-3-5-7-11/h3-9,15H,2,22H2,1H3/t15-/m0/s1. The Morgan fingerprint density at radius 2 is 2.08 bits per heavy atom. The highest BCUT2D eigenvalue weighted by Crippen LogP contribution is 2.45. The predicted octanol–water partition coefficient (Wildman–Crippen LogP) is 4.18. The predicted molar refractivity (Wildman–Crippen MR) is 100.0 cm³/mol. The average Bonchev–Trinajstić information content (AvgIpc) is 3.07. The van der Waals surface area contributed by atoms with Crippen LogP contribution in [0.4, 0.5) is 0 Å². The van der Waals surface area contributed by atoms with Gasteiger partial charge in [0.25, 0.3) is 0 Å². The summed E-state index contributed by atoms with van der Waals surface area (Å²) in [7, 11) is 0. The molecule has 5 nitrogen and oxygen atoms in total. The van der Waals surface area contributed by atoms with Gasteiger partial charge < -0.3 is 15.2 Å². The first-order valence-corrected chi connectivity index (χ1v) is 9.05. The lowest BCUT2D eigenvalue weighted by molar-refractivity contribution is -0.138. The van der Waals surface area contributed by atoms with E-state index >= 15 is 0 Å². The fourth-order valence-electron chi connectivity index (χ4n) is 2.75. The Morgan fingerprint density at radius 1 is 1.35 bits per heavy atom. The second-order valence-electron chi connectivity index (χ2n) is 5.40. The van der Waals surface area contributed by atoms with E-state index in [9.17, 15) is 10.1 Å². The maximum Gasteiger partial charge on any atom is 0.338 e. The fourth-order valence-corrected chi connectivity index (χ4v) is 3.93. The molecule has 2 heterocycles. The smallest absolute Gasteiger partial charge is 0.338 e. The largest absolute Gasteiger partial charge is 0.463 e. The summed E-state index contributed by atoms with van der Waals surface area (Å²) in [4.78, 5) is 13.5. The number of ether oxygens (including phenoxy) is 2. The van der Waals surface area contributed by atoms with Gasteiger partial charge in [-0.05, 0) is 19.1 Å². The Kier molecular flexibility index (Phi) is 5.31. The number of allylic oxidation sites excluding steroid dienone is 1. The van der Waals surface area contributed by atoms with Gasteiger partial charge in [0.15, 0.2) is 0 Å². The molecule has 1 aromatic carbocycles. The lowest BCUT2D eigenvalue weighted by Gasteiger charge is -2.27. The minimum atomic E-state index is -0.694. The van der Waals surface area contributed by atoms with Crippen LogP contribution in [0.15, 0.2) is 59.5 Å². The monoisotopic (exact) mass is 386 g/mol. The molecule has 1 aliphatic heterocycles. The summed E-state index contributed by atoms with van der Waals surface area (Å²) in [5.74, 6) is -0.995. The van der Waals surface area contributed by atoms with Crippen LogP contribution >= 0.6 is 22.9 Å². The molecule has 1 aromatic heterocycles. The highest BCUT2D eigenvalue weighted by molar-refractivity contribution is 7.16. The van der Waals surface area contributed by atoms with E-state index in [2.05, 4.69) is 6.07 Å². The summed E-state index contributed by atoms with van der Waals surface area (Å²) in [6.07, 6.45) is 0. The minimum absolute atomic E-state index is 0.0334. The first-order chi connectivity index (χ1) is 12.6. The minimum Gasteiger partial charge on any atom is -0.463 e. The van der Waals surface area contributed by atoms with Crippen LogP contribution in [-0.2, 0) is 14.3 Å². The zero-order valence-electron chi connectivity index (χ0n) is 13.9. The summed E-state index contributed by atoms with van der Waals surface area (Å²) in [5.41, 5.74) is 7.07. The molecule has 0 fully saturated rings. The summed E-state index contributed by atoms with van der Waals surface area (Å²) >= 11 is 7.35. The first kappa shape index (κ1) is 18.1. The second-order valence-corrected chi connectivity index (χ2v) is 7.14. The molecule has 0 spiro atoms. The molecular weight excluding hydrogens is 372 g/mol. The van der Waals surface area contributed by atoms with Crippen LogP contribution in [0.5, 0.6) is 0 Å². The molecule has 2 aromatic rings. The number of carbonyl (C=O) groups is 1. The van der Waals surface area contributed by atoms with Crippen LogP contribution in [0.1, 0.15) is 23.3 Å². The van der Waals surface area contributed by atoms with Crippen LogP contribution in [0, 0.1) is 11.3 Å². The molecule has 1 atom stereocenters. The van der Waals surface area contributed by atoms with Gasteiger partial charge in [0.1, 0.15) is 17.4 Å². The Hall–Kier alpha value is -2.75. The third kappa shape index (κ3) is 3.32. The van der Waals surface area contributed by atoms with Crippen molar-refractivity contribution in [3.63, 3.8) is 0 Å². The van der Waals surface area contributed by atoms with Gasteiger partial charge in [-0.15, -0.1) is 11.3 Å². The van der Waals surface area contributed by atoms with Crippen molar-refractivity contribution in [1.82, 2.24) is 0 Å². The van der Waals surface area contributed by atoms with Crippen molar-refractivity contribution < 1.29 is 14.3 Å². The van der Waals surface area contributed by atoms with Crippen LogP contribution in [0.3, 0.4) is 0 Å². The Morgan fingerprint density at radius 3 is 2.65 bits per heavy atom. The number of benzene rings is 1. The van der Waals surface area contributed by atoms with Crippen molar-refractivity contribution in [2.75, 3.05) is 6.61 Å². The summed E-state index contributed by atoms with van der Waals surface area (Å²) in [5, 5.41) is 9.62. The van der Waals surface area contributed by atoms with Crippen molar-refractivity contribution in [2.45, 2.75) is 12.8 Å². The van der Waals surface area contributed by atoms with Gasteiger partial charge in [0, 0.05) is 10.4 Å². The number of halogens is 1. The van der Waals surface area contributed by atoms with Gasteiger partial charge in [-0.25, -0.2) is 4.79 Å². The van der Waals surface area contributed by atoms with Gasteiger partial charge in [-0.2, -0.15) is 5.26 Å². The zero-order chi connectivity index (χ0) is 18.7. The van der Waals surface area contributed by atoms with Gasteiger partial charge >= 0.3 is 5.97 Å². The third-order valence-electron chi connectivity index (χ3n) is 3.83. The molecule has 0 saturated carbocycles. The first-order valence-electron chi connectivity index (χ1n) is 7.86. The molecule has 0 aliphatic carbocycles. The number of thiophene rings is 1. The summed E-state index contributed by atoms with van der Waals surface area (Å²) in [6.45, 7) is 1.92. The second kappa shape index (κ2) is 7.65. The van der Waals surface area contributed by atoms with Crippen LogP contribution in [-0.4, -0.2) is 12.6 Å². The van der Waals surface area contributed by atoms with Crippen molar-refractivity contribution in [3.8, 4) is 6.07 Å². The molecule has 132 valence electrons. The van der Waals surface area contributed by atoms with Crippen molar-refractivity contribution in [2.24, 2.45) is 5.73 Å². The molecule has 0 amide bonds. The van der Waals surface area contributed by atoms with Crippen LogP contribution in [0.2, 0.25) is 4.34 Å². The Bertz CT molecular complexity index is 941. The van der Waals surface area contributed by atoms with Gasteiger partial charge in [0.2, 0.25) is 5.88 Å². The van der Waals surface area contributed by atoms with Crippen LogP contribution < -0.4 is 5.73 Å². The lowest BCUT2D eigenvalue weighted by atomic mass is 9.86. The molecule has 2 N–H and O–H groups in total. The topological polar surface area (TPSA) is 85.3 Å². The van der Waals surface area contributed by atoms with E-state index < -0.39 is 11.9 Å². The quantitative estimate of drug-likeness (QED) is 0.796. The Balaban J connectivity index is 2.26. The highest BCUT2D eigenvalue weighted by atomic mass is 35.5. The zero-order valence-corrected chi connectivity index (χ0v) is 15.4. The number of nitriles is 1. The number of nitrogens with two attached hydrogens (primary N) is 1. The van der Waals surface area contributed by atoms with E-state index in [1.165, 1.54) is 11.3 Å².